The lowest BCUT2D eigenvalue weighted by atomic mass is 10.1. The van der Waals surface area contributed by atoms with Gasteiger partial charge in [-0.25, -0.2) is 0 Å². The van der Waals surface area contributed by atoms with E-state index in [0.29, 0.717) is 21.5 Å². The second-order valence-corrected chi connectivity index (χ2v) is 5.04. The number of methoxy groups -OCH3 is 1. The Morgan fingerprint density at radius 1 is 1.15 bits per heavy atom. The zero-order chi connectivity index (χ0) is 14.5. The van der Waals surface area contributed by atoms with Gasteiger partial charge in [0.1, 0.15) is 5.75 Å². The molecule has 3 nitrogen and oxygen atoms in total. The van der Waals surface area contributed by atoms with Gasteiger partial charge in [-0.2, -0.15) is 0 Å². The van der Waals surface area contributed by atoms with Crippen molar-refractivity contribution in [1.82, 2.24) is 0 Å². The summed E-state index contributed by atoms with van der Waals surface area (Å²) in [6.45, 7) is 0. The van der Waals surface area contributed by atoms with Crippen molar-refractivity contribution in [3.05, 3.63) is 58.1 Å². The number of rotatable bonds is 4. The van der Waals surface area contributed by atoms with Crippen LogP contribution in [0, 0.1) is 0 Å². The maximum atomic E-state index is 11.9. The number of anilines is 1. The van der Waals surface area contributed by atoms with Gasteiger partial charge >= 0.3 is 0 Å². The van der Waals surface area contributed by atoms with Crippen molar-refractivity contribution >= 4 is 34.8 Å². The van der Waals surface area contributed by atoms with Gasteiger partial charge in [-0.05, 0) is 35.9 Å². The molecule has 0 heterocycles. The van der Waals surface area contributed by atoms with Gasteiger partial charge < -0.3 is 10.1 Å². The number of nitrogens with one attached hydrogen (secondary N) is 1. The van der Waals surface area contributed by atoms with Crippen LogP contribution in [0.15, 0.2) is 42.5 Å². The molecule has 20 heavy (non-hydrogen) atoms. The number of benzene rings is 2. The van der Waals surface area contributed by atoms with E-state index in [-0.39, 0.29) is 12.3 Å². The predicted molar refractivity (Wildman–Crippen MR) is 81.8 cm³/mol. The van der Waals surface area contributed by atoms with Crippen LogP contribution in [0.4, 0.5) is 5.69 Å². The first-order chi connectivity index (χ1) is 9.58. The number of ether oxygens (including phenoxy) is 1. The van der Waals surface area contributed by atoms with Crippen LogP contribution in [0.25, 0.3) is 0 Å². The average Bonchev–Trinajstić information content (AvgIpc) is 2.41. The van der Waals surface area contributed by atoms with E-state index in [1.807, 2.05) is 12.1 Å². The molecule has 1 amide bonds. The normalized spacial score (nSPS) is 10.2. The summed E-state index contributed by atoms with van der Waals surface area (Å²) in [6.07, 6.45) is 0.279. The average molecular weight is 310 g/mol. The molecule has 0 fully saturated rings. The summed E-state index contributed by atoms with van der Waals surface area (Å²) in [7, 11) is 1.54. The SMILES string of the molecule is COc1ccc(NC(=O)Cc2ccc(Cl)cc2)cc1Cl. The van der Waals surface area contributed by atoms with E-state index in [1.54, 1.807) is 37.4 Å². The Morgan fingerprint density at radius 3 is 2.45 bits per heavy atom. The van der Waals surface area contributed by atoms with Crippen LogP contribution in [0.5, 0.6) is 5.75 Å². The molecular formula is C15H13Cl2NO2. The number of hydrogen-bond acceptors (Lipinski definition) is 2. The number of carbonyl (C=O) groups excluding carboxylic acids is 1. The lowest BCUT2D eigenvalue weighted by Crippen LogP contribution is -2.14. The molecule has 0 saturated heterocycles. The minimum atomic E-state index is -0.117. The second-order valence-electron chi connectivity index (χ2n) is 4.20. The highest BCUT2D eigenvalue weighted by atomic mass is 35.5. The van der Waals surface area contributed by atoms with Gasteiger partial charge in [0.25, 0.3) is 0 Å². The Labute approximate surface area is 127 Å². The molecular weight excluding hydrogens is 297 g/mol. The smallest absolute Gasteiger partial charge is 0.228 e. The van der Waals surface area contributed by atoms with Crippen LogP contribution < -0.4 is 10.1 Å². The first kappa shape index (κ1) is 14.7. The summed E-state index contributed by atoms with van der Waals surface area (Å²) in [5, 5.41) is 3.89. The summed E-state index contributed by atoms with van der Waals surface area (Å²) >= 11 is 11.8. The zero-order valence-electron chi connectivity index (χ0n) is 10.8. The van der Waals surface area contributed by atoms with E-state index < -0.39 is 0 Å². The highest BCUT2D eigenvalue weighted by Gasteiger charge is 2.06. The molecule has 0 radical (unpaired) electrons. The van der Waals surface area contributed by atoms with Crippen LogP contribution in [0.3, 0.4) is 0 Å². The summed E-state index contributed by atoms with van der Waals surface area (Å²) in [6, 6.07) is 12.3. The van der Waals surface area contributed by atoms with Gasteiger partial charge in [-0.1, -0.05) is 35.3 Å². The molecule has 0 aliphatic heterocycles. The fourth-order valence-electron chi connectivity index (χ4n) is 1.74. The van der Waals surface area contributed by atoms with E-state index in [0.717, 1.165) is 5.56 Å². The molecule has 0 atom stereocenters. The van der Waals surface area contributed by atoms with E-state index in [2.05, 4.69) is 5.32 Å². The molecule has 0 spiro atoms. The molecule has 104 valence electrons. The van der Waals surface area contributed by atoms with E-state index in [9.17, 15) is 4.79 Å². The van der Waals surface area contributed by atoms with E-state index >= 15 is 0 Å². The number of carbonyl (C=O) groups is 1. The fourth-order valence-corrected chi connectivity index (χ4v) is 2.12. The Morgan fingerprint density at radius 2 is 1.85 bits per heavy atom. The lowest BCUT2D eigenvalue weighted by molar-refractivity contribution is -0.115. The standard InChI is InChI=1S/C15H13Cl2NO2/c1-20-14-7-6-12(9-13(14)17)18-15(19)8-10-2-4-11(16)5-3-10/h2-7,9H,8H2,1H3,(H,18,19). The van der Waals surface area contributed by atoms with Crippen molar-refractivity contribution in [2.75, 3.05) is 12.4 Å². The van der Waals surface area contributed by atoms with Crippen molar-refractivity contribution in [1.29, 1.82) is 0 Å². The third kappa shape index (κ3) is 3.89. The summed E-state index contributed by atoms with van der Waals surface area (Å²) in [5.41, 5.74) is 1.53. The topological polar surface area (TPSA) is 38.3 Å². The molecule has 2 rings (SSSR count). The molecule has 0 bridgehead atoms. The monoisotopic (exact) mass is 309 g/mol. The number of halogens is 2. The molecule has 0 aliphatic carbocycles. The molecule has 2 aromatic carbocycles. The fraction of sp³-hybridized carbons (Fsp3) is 0.133. The van der Waals surface area contributed by atoms with Crippen LogP contribution in [0.2, 0.25) is 10.0 Å². The number of amides is 1. The first-order valence-electron chi connectivity index (χ1n) is 5.96. The molecule has 5 heteroatoms. The minimum absolute atomic E-state index is 0.117. The van der Waals surface area contributed by atoms with Crippen molar-refractivity contribution < 1.29 is 9.53 Å². The first-order valence-corrected chi connectivity index (χ1v) is 6.72. The Balaban J connectivity index is 2.01. The highest BCUT2D eigenvalue weighted by Crippen LogP contribution is 2.27. The van der Waals surface area contributed by atoms with Crippen molar-refractivity contribution in [3.8, 4) is 5.75 Å². The molecule has 2 aromatic rings. The molecule has 0 unspecified atom stereocenters. The van der Waals surface area contributed by atoms with Gasteiger partial charge in [0.2, 0.25) is 5.91 Å². The summed E-state index contributed by atoms with van der Waals surface area (Å²) in [4.78, 5) is 11.9. The number of hydrogen-bond donors (Lipinski definition) is 1. The zero-order valence-corrected chi connectivity index (χ0v) is 12.3. The van der Waals surface area contributed by atoms with Crippen molar-refractivity contribution in [3.63, 3.8) is 0 Å². The van der Waals surface area contributed by atoms with Crippen LogP contribution in [0.1, 0.15) is 5.56 Å². The second kappa shape index (κ2) is 6.64. The maximum Gasteiger partial charge on any atom is 0.228 e. The Kier molecular flexibility index (Phi) is 4.88. The summed E-state index contributed by atoms with van der Waals surface area (Å²) in [5.74, 6) is 0.455. The van der Waals surface area contributed by atoms with Crippen molar-refractivity contribution in [2.45, 2.75) is 6.42 Å². The van der Waals surface area contributed by atoms with E-state index in [4.69, 9.17) is 27.9 Å². The van der Waals surface area contributed by atoms with E-state index in [1.165, 1.54) is 0 Å². The lowest BCUT2D eigenvalue weighted by Gasteiger charge is -2.08. The van der Waals surface area contributed by atoms with Gasteiger partial charge in [-0.3, -0.25) is 4.79 Å². The quantitative estimate of drug-likeness (QED) is 0.920. The maximum absolute atomic E-state index is 11.9. The third-order valence-corrected chi connectivity index (χ3v) is 3.26. The molecule has 0 saturated carbocycles. The van der Waals surface area contributed by atoms with Crippen LogP contribution in [-0.2, 0) is 11.2 Å². The Bertz CT molecular complexity index is 612. The van der Waals surface area contributed by atoms with Crippen LogP contribution in [-0.4, -0.2) is 13.0 Å². The summed E-state index contributed by atoms with van der Waals surface area (Å²) < 4.78 is 5.05. The van der Waals surface area contributed by atoms with Crippen molar-refractivity contribution in [2.24, 2.45) is 0 Å². The largest absolute Gasteiger partial charge is 0.495 e. The highest BCUT2D eigenvalue weighted by molar-refractivity contribution is 6.32. The van der Waals surface area contributed by atoms with Gasteiger partial charge in [-0.15, -0.1) is 0 Å². The predicted octanol–water partition coefficient (Wildman–Crippen LogP) is 4.18. The Hall–Kier alpha value is -1.71. The third-order valence-electron chi connectivity index (χ3n) is 2.71. The minimum Gasteiger partial charge on any atom is -0.495 e. The van der Waals surface area contributed by atoms with Gasteiger partial charge in [0, 0.05) is 10.7 Å². The van der Waals surface area contributed by atoms with Crippen LogP contribution >= 0.6 is 23.2 Å². The van der Waals surface area contributed by atoms with Gasteiger partial charge in [0.05, 0.1) is 18.6 Å². The van der Waals surface area contributed by atoms with Gasteiger partial charge in [0.15, 0.2) is 0 Å². The molecule has 0 aromatic heterocycles. The molecule has 0 aliphatic rings. The molecule has 1 N–H and O–H groups in total.